The summed E-state index contributed by atoms with van der Waals surface area (Å²) in [7, 11) is 2.04. The second-order valence-corrected chi connectivity index (χ2v) is 9.75. The third kappa shape index (κ3) is 8.91. The van der Waals surface area contributed by atoms with Gasteiger partial charge in [-0.2, -0.15) is 0 Å². The minimum Gasteiger partial charge on any atom is -0.379 e. The topological polar surface area (TPSA) is 69.6 Å². The molecule has 0 aliphatic carbocycles. The van der Waals surface area contributed by atoms with Crippen molar-refractivity contribution in [2.45, 2.75) is 66.2 Å². The number of pyridine rings is 1. The van der Waals surface area contributed by atoms with E-state index < -0.39 is 5.67 Å². The lowest BCUT2D eigenvalue weighted by molar-refractivity contribution is 0.102. The number of aliphatic imine (C=N–C) groups is 1. The van der Waals surface area contributed by atoms with Gasteiger partial charge in [0.05, 0.1) is 11.3 Å². The number of rotatable bonds is 11. The molecular formula is C28H40FN5O. The molecule has 2 rings (SSSR count). The molecule has 0 saturated heterocycles. The van der Waals surface area contributed by atoms with Crippen molar-refractivity contribution in [3.8, 4) is 0 Å². The summed E-state index contributed by atoms with van der Waals surface area (Å²) in [5, 5.41) is 6.43. The highest BCUT2D eigenvalue weighted by molar-refractivity contribution is 6.04. The van der Waals surface area contributed by atoms with Crippen LogP contribution < -0.4 is 10.6 Å². The lowest BCUT2D eigenvalue weighted by Gasteiger charge is -2.19. The van der Waals surface area contributed by atoms with Gasteiger partial charge in [-0.15, -0.1) is 0 Å². The van der Waals surface area contributed by atoms with Gasteiger partial charge in [0.2, 0.25) is 0 Å². The van der Waals surface area contributed by atoms with Crippen LogP contribution in [0.2, 0.25) is 0 Å². The molecule has 1 heterocycles. The van der Waals surface area contributed by atoms with E-state index in [1.165, 1.54) is 32.3 Å². The number of hydrogen-bond donors (Lipinski definition) is 2. The summed E-state index contributed by atoms with van der Waals surface area (Å²) < 4.78 is 14.3. The van der Waals surface area contributed by atoms with Crippen LogP contribution in [0.25, 0.3) is 0 Å². The summed E-state index contributed by atoms with van der Waals surface area (Å²) in [6, 6.07) is 9.31. The Hall–Kier alpha value is -3.06. The van der Waals surface area contributed by atoms with Crippen molar-refractivity contribution in [1.29, 1.82) is 0 Å². The Morgan fingerprint density at radius 2 is 1.91 bits per heavy atom. The first-order chi connectivity index (χ1) is 16.4. The number of carbonyl (C=O) groups is 1. The molecule has 0 aliphatic rings. The van der Waals surface area contributed by atoms with Crippen LogP contribution in [0.3, 0.4) is 0 Å². The number of amides is 1. The van der Waals surface area contributed by atoms with Crippen molar-refractivity contribution in [2.75, 3.05) is 18.9 Å². The molecule has 0 aliphatic heterocycles. The van der Waals surface area contributed by atoms with Gasteiger partial charge in [0.15, 0.2) is 0 Å². The van der Waals surface area contributed by atoms with Gasteiger partial charge in [-0.3, -0.25) is 14.8 Å². The Labute approximate surface area is 209 Å². The van der Waals surface area contributed by atoms with E-state index in [0.29, 0.717) is 22.7 Å². The largest absolute Gasteiger partial charge is 0.379 e. The number of benzene rings is 1. The van der Waals surface area contributed by atoms with Crippen LogP contribution in [0, 0.1) is 5.92 Å². The highest BCUT2D eigenvalue weighted by Crippen LogP contribution is 2.25. The molecule has 35 heavy (non-hydrogen) atoms. The van der Waals surface area contributed by atoms with Crippen LogP contribution in [0.1, 0.15) is 76.0 Å². The van der Waals surface area contributed by atoms with Crippen molar-refractivity contribution < 1.29 is 9.18 Å². The van der Waals surface area contributed by atoms with E-state index in [2.05, 4.69) is 61.3 Å². The van der Waals surface area contributed by atoms with E-state index >= 15 is 0 Å². The number of nitrogens with zero attached hydrogens (tertiary/aromatic N) is 3. The smallest absolute Gasteiger partial charge is 0.257 e. The second-order valence-electron chi connectivity index (χ2n) is 9.75. The van der Waals surface area contributed by atoms with Gasteiger partial charge in [0.25, 0.3) is 5.91 Å². The van der Waals surface area contributed by atoms with Crippen molar-refractivity contribution in [2.24, 2.45) is 10.9 Å². The molecular weight excluding hydrogens is 441 g/mol. The van der Waals surface area contributed by atoms with Crippen molar-refractivity contribution in [3.63, 3.8) is 0 Å². The summed E-state index contributed by atoms with van der Waals surface area (Å²) in [5.41, 5.74) is 1.85. The fourth-order valence-electron chi connectivity index (χ4n) is 3.36. The molecule has 0 spiro atoms. The van der Waals surface area contributed by atoms with Crippen LogP contribution in [0.5, 0.6) is 0 Å². The zero-order valence-corrected chi connectivity index (χ0v) is 22.3. The van der Waals surface area contributed by atoms with E-state index in [-0.39, 0.29) is 18.0 Å². The van der Waals surface area contributed by atoms with Gasteiger partial charge in [-0.1, -0.05) is 26.0 Å². The maximum absolute atomic E-state index is 14.3. The maximum atomic E-state index is 14.3. The molecule has 1 aromatic heterocycles. The van der Waals surface area contributed by atoms with Gasteiger partial charge >= 0.3 is 0 Å². The van der Waals surface area contributed by atoms with Crippen LogP contribution in [-0.2, 0) is 5.67 Å². The third-order valence-corrected chi connectivity index (χ3v) is 5.73. The second kappa shape index (κ2) is 12.6. The normalized spacial score (nSPS) is 14.3. The molecule has 0 saturated carbocycles. The predicted molar refractivity (Wildman–Crippen MR) is 143 cm³/mol. The Morgan fingerprint density at radius 1 is 1.20 bits per heavy atom. The number of halogens is 1. The molecule has 2 atom stereocenters. The number of anilines is 1. The lowest BCUT2D eigenvalue weighted by Crippen LogP contribution is -2.30. The molecule has 190 valence electrons. The first kappa shape index (κ1) is 28.2. The van der Waals surface area contributed by atoms with Gasteiger partial charge in [0.1, 0.15) is 5.67 Å². The number of hydrogen-bond acceptors (Lipinski definition) is 5. The zero-order valence-electron chi connectivity index (χ0n) is 22.3. The first-order valence-electron chi connectivity index (χ1n) is 12.2. The maximum Gasteiger partial charge on any atom is 0.257 e. The number of nitrogens with one attached hydrogen (secondary N) is 2. The molecule has 0 bridgehead atoms. The van der Waals surface area contributed by atoms with Gasteiger partial charge in [-0.05, 0) is 64.3 Å². The van der Waals surface area contributed by atoms with E-state index in [0.717, 1.165) is 17.8 Å². The van der Waals surface area contributed by atoms with Gasteiger partial charge < -0.3 is 15.5 Å². The minimum absolute atomic E-state index is 0.0374. The molecule has 2 aromatic rings. The lowest BCUT2D eigenvalue weighted by atomic mass is 10.0. The zero-order chi connectivity index (χ0) is 26.2. The molecule has 2 N–H and O–H groups in total. The van der Waals surface area contributed by atoms with Crippen LogP contribution in [-0.4, -0.2) is 41.6 Å². The highest BCUT2D eigenvalue weighted by atomic mass is 19.1. The fraction of sp³-hybridized carbons (Fsp3) is 0.464. The average molecular weight is 482 g/mol. The summed E-state index contributed by atoms with van der Waals surface area (Å²) in [6.45, 7) is 14.3. The minimum atomic E-state index is -1.57. The monoisotopic (exact) mass is 481 g/mol. The molecule has 1 unspecified atom stereocenters. The number of aromatic nitrogens is 1. The van der Waals surface area contributed by atoms with E-state index in [4.69, 9.17) is 4.99 Å². The van der Waals surface area contributed by atoms with Gasteiger partial charge in [-0.25, -0.2) is 4.39 Å². The van der Waals surface area contributed by atoms with E-state index in [1.54, 1.807) is 0 Å². The van der Waals surface area contributed by atoms with Crippen molar-refractivity contribution in [1.82, 2.24) is 15.2 Å². The third-order valence-electron chi connectivity index (χ3n) is 5.73. The first-order valence-corrected chi connectivity index (χ1v) is 12.2. The Kier molecular flexibility index (Phi) is 10.1. The van der Waals surface area contributed by atoms with Crippen molar-refractivity contribution >= 4 is 17.8 Å². The number of carbonyl (C=O) groups excluding carboxylic acids is 1. The Morgan fingerprint density at radius 3 is 2.54 bits per heavy atom. The van der Waals surface area contributed by atoms with E-state index in [9.17, 15) is 9.18 Å². The molecule has 6 nitrogen and oxygen atoms in total. The van der Waals surface area contributed by atoms with Gasteiger partial charge in [0, 0.05) is 61.7 Å². The Balaban J connectivity index is 2.07. The fourth-order valence-corrected chi connectivity index (χ4v) is 3.36. The van der Waals surface area contributed by atoms with Crippen LogP contribution >= 0.6 is 0 Å². The number of alkyl halides is 1. The molecule has 1 amide bonds. The van der Waals surface area contributed by atoms with Crippen LogP contribution in [0.15, 0.2) is 59.6 Å². The highest BCUT2D eigenvalue weighted by Gasteiger charge is 2.21. The van der Waals surface area contributed by atoms with E-state index in [1.807, 2.05) is 37.5 Å². The average Bonchev–Trinajstić information content (AvgIpc) is 2.81. The summed E-state index contributed by atoms with van der Waals surface area (Å²) in [4.78, 5) is 23.6. The van der Waals surface area contributed by atoms with Crippen LogP contribution in [0.4, 0.5) is 10.1 Å². The standard InChI is InChI=1S/C28H40FN5O/c1-9-34(8)18-26(19(2)3)31-15-20(4)32-21(5)22-11-10-12-25(14-22)33-27(35)23-13-24(17-30-16-23)28(6,7)29/h10-21,32H,9H2,1-8H3,(H,33,35)/b26-18+,31-15?/t20?,21-/m0/s1. The molecule has 0 fully saturated rings. The summed E-state index contributed by atoms with van der Waals surface area (Å²) in [6.07, 6.45) is 6.90. The molecule has 1 aromatic carbocycles. The predicted octanol–water partition coefficient (Wildman–Crippen LogP) is 6.10. The molecule has 0 radical (unpaired) electrons. The summed E-state index contributed by atoms with van der Waals surface area (Å²) >= 11 is 0. The SMILES string of the molecule is CCN(C)/C=C(/N=CC(C)N[C@@H](C)c1cccc(NC(=O)c2cncc(C(C)(C)F)c2)c1)C(C)C. The molecule has 7 heteroatoms. The summed E-state index contributed by atoms with van der Waals surface area (Å²) in [5.74, 6) is 0.00366. The Bertz CT molecular complexity index is 1040. The van der Waals surface area contributed by atoms with Crippen molar-refractivity contribution in [3.05, 3.63) is 71.3 Å². The quantitative estimate of drug-likeness (QED) is 0.381. The number of allylic oxidation sites excluding steroid dienone is 1.